The van der Waals surface area contributed by atoms with E-state index in [0.29, 0.717) is 26.1 Å². The molecule has 31 heavy (non-hydrogen) atoms. The molecule has 1 aromatic heterocycles. The zero-order valence-electron chi connectivity index (χ0n) is 17.8. The van der Waals surface area contributed by atoms with Crippen molar-refractivity contribution in [3.8, 4) is 0 Å². The van der Waals surface area contributed by atoms with E-state index in [-0.39, 0.29) is 24.2 Å². The van der Waals surface area contributed by atoms with Gasteiger partial charge in [-0.1, -0.05) is 66.7 Å². The zero-order valence-corrected chi connectivity index (χ0v) is 17.8. The number of aromatic nitrogens is 1. The highest BCUT2D eigenvalue weighted by Gasteiger charge is 2.23. The number of rotatable bonds is 10. The van der Waals surface area contributed by atoms with Crippen LogP contribution in [0.5, 0.6) is 0 Å². The zero-order chi connectivity index (χ0) is 21.9. The minimum atomic E-state index is -0.297. The van der Waals surface area contributed by atoms with Gasteiger partial charge in [0.25, 0.3) is 0 Å². The third-order valence-corrected chi connectivity index (χ3v) is 5.12. The van der Waals surface area contributed by atoms with Gasteiger partial charge < -0.3 is 9.64 Å². The normalized spacial score (nSPS) is 10.6. The second-order valence-corrected chi connectivity index (χ2v) is 7.31. The van der Waals surface area contributed by atoms with E-state index in [9.17, 15) is 9.59 Å². The van der Waals surface area contributed by atoms with Crippen LogP contribution >= 0.6 is 0 Å². The van der Waals surface area contributed by atoms with Crippen LogP contribution in [0.3, 0.4) is 0 Å². The predicted octanol–water partition coefficient (Wildman–Crippen LogP) is 4.59. The molecule has 0 atom stereocenters. The van der Waals surface area contributed by atoms with Crippen LogP contribution in [0.15, 0.2) is 85.2 Å². The molecule has 0 unspecified atom stereocenters. The number of esters is 1. The number of pyridine rings is 1. The van der Waals surface area contributed by atoms with Crippen molar-refractivity contribution in [1.82, 2.24) is 9.88 Å². The lowest BCUT2D eigenvalue weighted by Gasteiger charge is -2.26. The van der Waals surface area contributed by atoms with Crippen LogP contribution in [0, 0.1) is 0 Å². The average molecular weight is 417 g/mol. The number of carbonyl (C=O) groups is 2. The van der Waals surface area contributed by atoms with Crippen LogP contribution in [0.4, 0.5) is 0 Å². The van der Waals surface area contributed by atoms with E-state index in [0.717, 1.165) is 16.7 Å². The second kappa shape index (κ2) is 11.6. The molecule has 0 aliphatic carbocycles. The first-order chi connectivity index (χ1) is 15.2. The van der Waals surface area contributed by atoms with Crippen LogP contribution in [0.25, 0.3) is 0 Å². The Kier molecular flexibility index (Phi) is 8.35. The molecule has 2 aromatic carbocycles. The van der Waals surface area contributed by atoms with Crippen LogP contribution in [0.1, 0.15) is 42.4 Å². The SMILES string of the molecule is CCOC(=O)CCN(Cc1cccnc1)C(=O)CC(c1ccccc1)c1ccccc1. The van der Waals surface area contributed by atoms with Crippen molar-refractivity contribution in [2.75, 3.05) is 13.2 Å². The summed E-state index contributed by atoms with van der Waals surface area (Å²) >= 11 is 0. The highest BCUT2D eigenvalue weighted by atomic mass is 16.5. The second-order valence-electron chi connectivity index (χ2n) is 7.31. The summed E-state index contributed by atoms with van der Waals surface area (Å²) < 4.78 is 5.05. The Morgan fingerprint density at radius 1 is 0.935 bits per heavy atom. The van der Waals surface area contributed by atoms with Gasteiger partial charge in [-0.05, 0) is 29.7 Å². The Hall–Kier alpha value is -3.47. The van der Waals surface area contributed by atoms with E-state index in [1.807, 2.05) is 48.5 Å². The van der Waals surface area contributed by atoms with Crippen LogP contribution in [-0.2, 0) is 20.9 Å². The standard InChI is InChI=1S/C26H28N2O3/c1-2-31-26(30)15-17-28(20-21-10-9-16-27-19-21)25(29)18-24(22-11-5-3-6-12-22)23-13-7-4-8-14-23/h3-14,16,19,24H,2,15,17-18,20H2,1H3. The largest absolute Gasteiger partial charge is 0.466 e. The van der Waals surface area contributed by atoms with Crippen molar-refractivity contribution in [3.63, 3.8) is 0 Å². The van der Waals surface area contributed by atoms with Crippen molar-refractivity contribution >= 4 is 11.9 Å². The number of carbonyl (C=O) groups excluding carboxylic acids is 2. The highest BCUT2D eigenvalue weighted by molar-refractivity contribution is 5.78. The topological polar surface area (TPSA) is 59.5 Å². The molecule has 1 amide bonds. The number of nitrogens with zero attached hydrogens (tertiary/aromatic N) is 2. The fraction of sp³-hybridized carbons (Fsp3) is 0.269. The van der Waals surface area contributed by atoms with E-state index in [1.54, 1.807) is 24.2 Å². The molecule has 0 aliphatic rings. The highest BCUT2D eigenvalue weighted by Crippen LogP contribution is 2.29. The maximum absolute atomic E-state index is 13.4. The first-order valence-electron chi connectivity index (χ1n) is 10.6. The Labute approximate surface area is 183 Å². The Morgan fingerprint density at radius 2 is 1.58 bits per heavy atom. The molecule has 0 aliphatic heterocycles. The molecular formula is C26H28N2O3. The molecule has 3 rings (SSSR count). The maximum Gasteiger partial charge on any atom is 0.307 e. The third kappa shape index (κ3) is 6.78. The summed E-state index contributed by atoms with van der Waals surface area (Å²) in [4.78, 5) is 31.2. The maximum atomic E-state index is 13.4. The van der Waals surface area contributed by atoms with Gasteiger partial charge in [-0.25, -0.2) is 0 Å². The van der Waals surface area contributed by atoms with E-state index in [4.69, 9.17) is 4.74 Å². The number of hydrogen-bond acceptors (Lipinski definition) is 4. The monoisotopic (exact) mass is 416 g/mol. The van der Waals surface area contributed by atoms with E-state index in [1.165, 1.54) is 0 Å². The summed E-state index contributed by atoms with van der Waals surface area (Å²) in [5.41, 5.74) is 3.11. The number of hydrogen-bond donors (Lipinski definition) is 0. The van der Waals surface area contributed by atoms with Gasteiger partial charge in [0.05, 0.1) is 13.0 Å². The lowest BCUT2D eigenvalue weighted by Crippen LogP contribution is -2.34. The first-order valence-corrected chi connectivity index (χ1v) is 10.6. The molecule has 0 N–H and O–H groups in total. The van der Waals surface area contributed by atoms with Crippen LogP contribution < -0.4 is 0 Å². The molecule has 5 nitrogen and oxygen atoms in total. The molecule has 0 spiro atoms. The molecule has 0 saturated carbocycles. The van der Waals surface area contributed by atoms with E-state index < -0.39 is 0 Å². The van der Waals surface area contributed by atoms with Gasteiger partial charge >= 0.3 is 5.97 Å². The molecule has 5 heteroatoms. The summed E-state index contributed by atoms with van der Waals surface area (Å²) in [6, 6.07) is 23.9. The van der Waals surface area contributed by atoms with Crippen molar-refractivity contribution < 1.29 is 14.3 Å². The van der Waals surface area contributed by atoms with Gasteiger partial charge in [-0.15, -0.1) is 0 Å². The average Bonchev–Trinajstić information content (AvgIpc) is 2.82. The predicted molar refractivity (Wildman–Crippen MR) is 120 cm³/mol. The van der Waals surface area contributed by atoms with E-state index in [2.05, 4.69) is 29.2 Å². The summed E-state index contributed by atoms with van der Waals surface area (Å²) in [5.74, 6) is -0.367. The van der Waals surface area contributed by atoms with Crippen molar-refractivity contribution in [1.29, 1.82) is 0 Å². The minimum Gasteiger partial charge on any atom is -0.466 e. The summed E-state index contributed by atoms with van der Waals surface area (Å²) in [6.45, 7) is 2.82. The quantitative estimate of drug-likeness (QED) is 0.454. The first kappa shape index (κ1) is 22.2. The van der Waals surface area contributed by atoms with Gasteiger partial charge in [-0.3, -0.25) is 14.6 Å². The molecule has 3 aromatic rings. The molecule has 0 bridgehead atoms. The molecule has 0 fully saturated rings. The summed E-state index contributed by atoms with van der Waals surface area (Å²) in [6.07, 6.45) is 3.93. The third-order valence-electron chi connectivity index (χ3n) is 5.12. The number of ether oxygens (including phenoxy) is 1. The summed E-state index contributed by atoms with van der Waals surface area (Å²) in [5, 5.41) is 0. The molecule has 1 heterocycles. The van der Waals surface area contributed by atoms with Gasteiger partial charge in [0.2, 0.25) is 5.91 Å². The minimum absolute atomic E-state index is 0.00847. The molecule has 0 radical (unpaired) electrons. The van der Waals surface area contributed by atoms with Gasteiger partial charge in [0.1, 0.15) is 0 Å². The van der Waals surface area contributed by atoms with Crippen molar-refractivity contribution in [2.45, 2.75) is 32.2 Å². The van der Waals surface area contributed by atoms with Gasteiger partial charge in [0.15, 0.2) is 0 Å². The summed E-state index contributed by atoms with van der Waals surface area (Å²) in [7, 11) is 0. The fourth-order valence-electron chi connectivity index (χ4n) is 3.57. The Morgan fingerprint density at radius 3 is 2.13 bits per heavy atom. The van der Waals surface area contributed by atoms with Gasteiger partial charge in [-0.2, -0.15) is 0 Å². The smallest absolute Gasteiger partial charge is 0.307 e. The molecule has 160 valence electrons. The van der Waals surface area contributed by atoms with Crippen molar-refractivity contribution in [3.05, 3.63) is 102 Å². The number of amides is 1. The van der Waals surface area contributed by atoms with Crippen LogP contribution in [-0.4, -0.2) is 34.9 Å². The molecule has 0 saturated heterocycles. The molecular weight excluding hydrogens is 388 g/mol. The fourth-order valence-corrected chi connectivity index (χ4v) is 3.57. The van der Waals surface area contributed by atoms with Crippen LogP contribution in [0.2, 0.25) is 0 Å². The number of benzene rings is 2. The Bertz CT molecular complexity index is 907. The lowest BCUT2D eigenvalue weighted by atomic mass is 9.88. The van der Waals surface area contributed by atoms with E-state index >= 15 is 0 Å². The lowest BCUT2D eigenvalue weighted by molar-refractivity contribution is -0.144. The van der Waals surface area contributed by atoms with Gasteiger partial charge in [0, 0.05) is 37.8 Å². The van der Waals surface area contributed by atoms with Crippen molar-refractivity contribution in [2.24, 2.45) is 0 Å². The Balaban J connectivity index is 1.81.